The zero-order valence-electron chi connectivity index (χ0n) is 18.2. The number of nitrogens with one attached hydrogen (secondary N) is 2. The number of amides is 2. The SMILES string of the molecule is O=C(NCC1OC(CO)C(O)C1N1CCN(c2cccc(C(F)(F)F)c2)CC1)Nc1ccsc1. The van der Waals surface area contributed by atoms with Gasteiger partial charge in [-0.05, 0) is 29.6 Å². The number of hydrogen-bond donors (Lipinski definition) is 4. The highest BCUT2D eigenvalue weighted by molar-refractivity contribution is 7.08. The summed E-state index contributed by atoms with van der Waals surface area (Å²) < 4.78 is 45.0. The quantitative estimate of drug-likeness (QED) is 0.486. The smallest absolute Gasteiger partial charge is 0.394 e. The Bertz CT molecular complexity index is 954. The molecular formula is C22H27F3N4O4S. The first-order valence-corrected chi connectivity index (χ1v) is 11.9. The molecule has 4 N–H and O–H groups in total. The molecule has 0 bridgehead atoms. The Morgan fingerprint density at radius 3 is 2.59 bits per heavy atom. The van der Waals surface area contributed by atoms with Crippen LogP contribution in [0.1, 0.15) is 5.56 Å². The highest BCUT2D eigenvalue weighted by Crippen LogP contribution is 2.32. The predicted molar refractivity (Wildman–Crippen MR) is 122 cm³/mol. The molecule has 186 valence electrons. The molecule has 4 atom stereocenters. The van der Waals surface area contributed by atoms with Crippen molar-refractivity contribution in [3.8, 4) is 0 Å². The Morgan fingerprint density at radius 2 is 1.94 bits per heavy atom. The number of carbonyl (C=O) groups excluding carboxylic acids is 1. The summed E-state index contributed by atoms with van der Waals surface area (Å²) in [5.41, 5.74) is 0.476. The standard InChI is InChI=1S/C22H27F3N4O4S/c23-22(24,25)14-2-1-3-16(10-14)28-5-7-29(8-6-28)19-17(33-18(12-30)20(19)31)11-26-21(32)27-15-4-9-34-13-15/h1-4,9-10,13,17-20,30-31H,5-8,11-12H2,(H2,26,27,32). The number of carbonyl (C=O) groups is 1. The third-order valence-electron chi connectivity index (χ3n) is 6.16. The number of anilines is 2. The summed E-state index contributed by atoms with van der Waals surface area (Å²) in [6.07, 6.45) is -6.70. The lowest BCUT2D eigenvalue weighted by atomic mass is 10.0. The van der Waals surface area contributed by atoms with Gasteiger partial charge in [0.2, 0.25) is 0 Å². The molecule has 3 heterocycles. The molecule has 2 fully saturated rings. The van der Waals surface area contributed by atoms with E-state index in [-0.39, 0.29) is 13.2 Å². The molecule has 4 unspecified atom stereocenters. The minimum Gasteiger partial charge on any atom is -0.394 e. The first-order chi connectivity index (χ1) is 16.3. The fourth-order valence-electron chi connectivity index (χ4n) is 4.46. The fraction of sp³-hybridized carbons (Fsp3) is 0.500. The zero-order valence-corrected chi connectivity index (χ0v) is 19.1. The highest BCUT2D eigenvalue weighted by atomic mass is 32.1. The van der Waals surface area contributed by atoms with Gasteiger partial charge in [0.1, 0.15) is 12.2 Å². The van der Waals surface area contributed by atoms with E-state index in [9.17, 15) is 28.2 Å². The Labute approximate surface area is 198 Å². The molecule has 12 heteroatoms. The molecule has 0 aliphatic carbocycles. The summed E-state index contributed by atoms with van der Waals surface area (Å²) in [4.78, 5) is 16.1. The van der Waals surface area contributed by atoms with E-state index in [2.05, 4.69) is 10.6 Å². The molecule has 2 aliphatic heterocycles. The van der Waals surface area contributed by atoms with Crippen molar-refractivity contribution in [2.75, 3.05) is 49.5 Å². The van der Waals surface area contributed by atoms with E-state index in [0.29, 0.717) is 37.6 Å². The Hall–Kier alpha value is -2.38. The largest absolute Gasteiger partial charge is 0.416 e. The summed E-state index contributed by atoms with van der Waals surface area (Å²) in [5, 5.41) is 29.4. The van der Waals surface area contributed by atoms with Crippen LogP contribution in [-0.4, -0.2) is 84.8 Å². The van der Waals surface area contributed by atoms with Crippen molar-refractivity contribution >= 4 is 28.7 Å². The second-order valence-corrected chi connectivity index (χ2v) is 9.07. The van der Waals surface area contributed by atoms with Crippen LogP contribution in [0.2, 0.25) is 0 Å². The second kappa shape index (κ2) is 10.5. The normalized spacial score (nSPS) is 26.0. The molecule has 0 saturated carbocycles. The minimum atomic E-state index is -4.40. The minimum absolute atomic E-state index is 0.127. The van der Waals surface area contributed by atoms with Gasteiger partial charge in [0.05, 0.1) is 30.0 Å². The number of nitrogens with zero attached hydrogens (tertiary/aromatic N) is 2. The molecule has 2 aromatic rings. The van der Waals surface area contributed by atoms with Crippen LogP contribution < -0.4 is 15.5 Å². The number of hydrogen-bond acceptors (Lipinski definition) is 7. The number of halogens is 3. The van der Waals surface area contributed by atoms with Crippen molar-refractivity contribution < 1.29 is 32.9 Å². The first kappa shape index (κ1) is 24.7. The van der Waals surface area contributed by atoms with Crippen LogP contribution in [0.15, 0.2) is 41.1 Å². The maximum Gasteiger partial charge on any atom is 0.416 e. The summed E-state index contributed by atoms with van der Waals surface area (Å²) >= 11 is 1.45. The van der Waals surface area contributed by atoms with Gasteiger partial charge >= 0.3 is 12.2 Å². The summed E-state index contributed by atoms with van der Waals surface area (Å²) in [5.74, 6) is 0. The summed E-state index contributed by atoms with van der Waals surface area (Å²) in [6, 6.07) is 6.14. The van der Waals surface area contributed by atoms with Crippen LogP contribution in [0.3, 0.4) is 0 Å². The van der Waals surface area contributed by atoms with Crippen molar-refractivity contribution in [2.24, 2.45) is 0 Å². The van der Waals surface area contributed by atoms with E-state index in [0.717, 1.165) is 12.1 Å². The molecule has 1 aromatic heterocycles. The molecule has 2 amide bonds. The van der Waals surface area contributed by atoms with Gasteiger partial charge in [0.15, 0.2) is 0 Å². The molecule has 2 saturated heterocycles. The van der Waals surface area contributed by atoms with Gasteiger partial charge in [0, 0.05) is 43.8 Å². The zero-order chi connectivity index (χ0) is 24.3. The van der Waals surface area contributed by atoms with Crippen molar-refractivity contribution in [3.63, 3.8) is 0 Å². The van der Waals surface area contributed by atoms with Gasteiger partial charge in [-0.2, -0.15) is 24.5 Å². The van der Waals surface area contributed by atoms with Crippen molar-refractivity contribution in [2.45, 2.75) is 30.5 Å². The number of ether oxygens (including phenoxy) is 1. The van der Waals surface area contributed by atoms with E-state index in [1.54, 1.807) is 17.5 Å². The van der Waals surface area contributed by atoms with Gasteiger partial charge < -0.3 is 30.5 Å². The molecule has 1 aromatic carbocycles. The number of aliphatic hydroxyl groups excluding tert-OH is 2. The van der Waals surface area contributed by atoms with Crippen molar-refractivity contribution in [3.05, 3.63) is 46.7 Å². The summed E-state index contributed by atoms with van der Waals surface area (Å²) in [7, 11) is 0. The predicted octanol–water partition coefficient (Wildman–Crippen LogP) is 2.20. The Balaban J connectivity index is 1.37. The van der Waals surface area contributed by atoms with E-state index >= 15 is 0 Å². The van der Waals surface area contributed by atoms with E-state index in [1.807, 2.05) is 15.2 Å². The van der Waals surface area contributed by atoms with Crippen LogP contribution in [-0.2, 0) is 10.9 Å². The average molecular weight is 501 g/mol. The van der Waals surface area contributed by atoms with Gasteiger partial charge in [-0.15, -0.1) is 0 Å². The van der Waals surface area contributed by atoms with E-state index in [1.165, 1.54) is 17.4 Å². The molecule has 0 radical (unpaired) electrons. The Kier molecular flexibility index (Phi) is 7.63. The van der Waals surface area contributed by atoms with Crippen LogP contribution in [0.4, 0.5) is 29.3 Å². The number of benzene rings is 1. The third-order valence-corrected chi connectivity index (χ3v) is 6.84. The molecular weight excluding hydrogens is 473 g/mol. The van der Waals surface area contributed by atoms with Crippen LogP contribution in [0.25, 0.3) is 0 Å². The molecule has 2 aliphatic rings. The van der Waals surface area contributed by atoms with Crippen LogP contribution in [0.5, 0.6) is 0 Å². The number of rotatable bonds is 6. The van der Waals surface area contributed by atoms with Gasteiger partial charge in [-0.25, -0.2) is 4.79 Å². The number of piperazine rings is 1. The van der Waals surface area contributed by atoms with E-state index < -0.39 is 42.1 Å². The number of alkyl halides is 3. The topological polar surface area (TPSA) is 97.3 Å². The lowest BCUT2D eigenvalue weighted by Crippen LogP contribution is -2.57. The lowest BCUT2D eigenvalue weighted by molar-refractivity contribution is -0.137. The van der Waals surface area contributed by atoms with Gasteiger partial charge in [0.25, 0.3) is 0 Å². The number of urea groups is 1. The first-order valence-electron chi connectivity index (χ1n) is 10.9. The number of thiophene rings is 1. The molecule has 0 spiro atoms. The van der Waals surface area contributed by atoms with Crippen LogP contribution in [0, 0.1) is 0 Å². The van der Waals surface area contributed by atoms with Gasteiger partial charge in [-0.3, -0.25) is 4.90 Å². The fourth-order valence-corrected chi connectivity index (χ4v) is 5.05. The second-order valence-electron chi connectivity index (χ2n) is 8.29. The summed E-state index contributed by atoms with van der Waals surface area (Å²) in [6.45, 7) is 1.66. The van der Waals surface area contributed by atoms with E-state index in [4.69, 9.17) is 4.74 Å². The molecule has 4 rings (SSSR count). The molecule has 8 nitrogen and oxygen atoms in total. The third kappa shape index (κ3) is 5.63. The monoisotopic (exact) mass is 500 g/mol. The molecule has 34 heavy (non-hydrogen) atoms. The highest BCUT2D eigenvalue weighted by Gasteiger charge is 2.46. The maximum atomic E-state index is 13.1. The number of aliphatic hydroxyl groups is 2. The average Bonchev–Trinajstić information content (AvgIpc) is 3.44. The van der Waals surface area contributed by atoms with Crippen molar-refractivity contribution in [1.82, 2.24) is 10.2 Å². The van der Waals surface area contributed by atoms with Crippen molar-refractivity contribution in [1.29, 1.82) is 0 Å². The lowest BCUT2D eigenvalue weighted by Gasteiger charge is -2.41. The Morgan fingerprint density at radius 1 is 1.18 bits per heavy atom. The maximum absolute atomic E-state index is 13.1. The van der Waals surface area contributed by atoms with Gasteiger partial charge in [-0.1, -0.05) is 6.07 Å². The van der Waals surface area contributed by atoms with Crippen LogP contribution >= 0.6 is 11.3 Å².